The van der Waals surface area contributed by atoms with Crippen LogP contribution in [0.15, 0.2) is 0 Å². The molecule has 1 unspecified atom stereocenters. The molecule has 2 rings (SSSR count). The summed E-state index contributed by atoms with van der Waals surface area (Å²) in [7, 11) is 2.19. The van der Waals surface area contributed by atoms with E-state index in [1.165, 1.54) is 12.8 Å². The average molecular weight is 173 g/mol. The van der Waals surface area contributed by atoms with Crippen molar-refractivity contribution in [3.8, 4) is 0 Å². The summed E-state index contributed by atoms with van der Waals surface area (Å²) in [4.78, 5) is 2.41. The lowest BCUT2D eigenvalue weighted by atomic mass is 9.94. The standard InChI is InChI=1S/C8H15NOS/c1-9-6-8(3-4-10-8)5-7(9)11-2/h7H,3-6H2,1-2H3/t7-,8?/m1/s1. The van der Waals surface area contributed by atoms with E-state index in [0.29, 0.717) is 5.37 Å². The summed E-state index contributed by atoms with van der Waals surface area (Å²) in [6.07, 6.45) is 4.68. The van der Waals surface area contributed by atoms with E-state index in [2.05, 4.69) is 18.2 Å². The highest BCUT2D eigenvalue weighted by atomic mass is 32.2. The fourth-order valence-corrected chi connectivity index (χ4v) is 2.94. The van der Waals surface area contributed by atoms with Crippen LogP contribution in [0.4, 0.5) is 0 Å². The molecule has 2 heterocycles. The average Bonchev–Trinajstić information content (AvgIpc) is 2.26. The molecule has 11 heavy (non-hydrogen) atoms. The van der Waals surface area contributed by atoms with Gasteiger partial charge in [0.15, 0.2) is 0 Å². The third kappa shape index (κ3) is 1.19. The van der Waals surface area contributed by atoms with Crippen molar-refractivity contribution in [1.29, 1.82) is 0 Å². The van der Waals surface area contributed by atoms with Crippen molar-refractivity contribution in [3.05, 3.63) is 0 Å². The maximum absolute atomic E-state index is 5.63. The van der Waals surface area contributed by atoms with Gasteiger partial charge in [-0.25, -0.2) is 0 Å². The summed E-state index contributed by atoms with van der Waals surface area (Å²) in [6, 6.07) is 0. The van der Waals surface area contributed by atoms with Crippen molar-refractivity contribution < 1.29 is 4.74 Å². The second kappa shape index (κ2) is 2.64. The Morgan fingerprint density at radius 3 is 2.64 bits per heavy atom. The number of hydrogen-bond donors (Lipinski definition) is 0. The molecule has 0 saturated carbocycles. The Bertz CT molecular complexity index is 158. The number of thioether (sulfide) groups is 1. The number of rotatable bonds is 1. The van der Waals surface area contributed by atoms with E-state index in [1.807, 2.05) is 11.8 Å². The first-order chi connectivity index (χ1) is 5.26. The van der Waals surface area contributed by atoms with Gasteiger partial charge >= 0.3 is 0 Å². The van der Waals surface area contributed by atoms with Crippen LogP contribution in [-0.4, -0.2) is 42.3 Å². The minimum absolute atomic E-state index is 0.266. The van der Waals surface area contributed by atoms with Crippen molar-refractivity contribution in [3.63, 3.8) is 0 Å². The lowest BCUT2D eigenvalue weighted by Crippen LogP contribution is -2.45. The zero-order chi connectivity index (χ0) is 7.90. The van der Waals surface area contributed by atoms with Gasteiger partial charge in [-0.1, -0.05) is 0 Å². The summed E-state index contributed by atoms with van der Waals surface area (Å²) in [5.41, 5.74) is 0.266. The third-order valence-corrected chi connectivity index (χ3v) is 3.88. The summed E-state index contributed by atoms with van der Waals surface area (Å²) in [5.74, 6) is 0. The number of likely N-dealkylation sites (tertiary alicyclic amines) is 1. The topological polar surface area (TPSA) is 12.5 Å². The van der Waals surface area contributed by atoms with Crippen molar-refractivity contribution >= 4 is 11.8 Å². The van der Waals surface area contributed by atoms with Crippen molar-refractivity contribution in [1.82, 2.24) is 4.90 Å². The van der Waals surface area contributed by atoms with Gasteiger partial charge in [-0.15, -0.1) is 11.8 Å². The lowest BCUT2D eigenvalue weighted by molar-refractivity contribution is -0.136. The first-order valence-corrected chi connectivity index (χ1v) is 5.42. The minimum Gasteiger partial charge on any atom is -0.373 e. The molecule has 0 N–H and O–H groups in total. The zero-order valence-electron chi connectivity index (χ0n) is 7.17. The zero-order valence-corrected chi connectivity index (χ0v) is 7.99. The fraction of sp³-hybridized carbons (Fsp3) is 1.00. The molecule has 2 nitrogen and oxygen atoms in total. The molecule has 0 bridgehead atoms. The molecule has 64 valence electrons. The van der Waals surface area contributed by atoms with Crippen LogP contribution in [0.1, 0.15) is 12.8 Å². The highest BCUT2D eigenvalue weighted by Crippen LogP contribution is 2.41. The summed E-state index contributed by atoms with van der Waals surface area (Å²) >= 11 is 1.94. The van der Waals surface area contributed by atoms with E-state index in [-0.39, 0.29) is 5.60 Å². The van der Waals surface area contributed by atoms with Gasteiger partial charge in [0.1, 0.15) is 0 Å². The van der Waals surface area contributed by atoms with E-state index >= 15 is 0 Å². The monoisotopic (exact) mass is 173 g/mol. The van der Waals surface area contributed by atoms with Crippen LogP contribution >= 0.6 is 11.8 Å². The maximum atomic E-state index is 5.63. The molecular formula is C8H15NOS. The molecule has 2 atom stereocenters. The van der Waals surface area contributed by atoms with E-state index < -0.39 is 0 Å². The first kappa shape index (κ1) is 7.90. The Morgan fingerprint density at radius 1 is 1.64 bits per heavy atom. The Kier molecular flexibility index (Phi) is 1.90. The molecule has 2 fully saturated rings. The molecule has 0 aromatic heterocycles. The van der Waals surface area contributed by atoms with Crippen LogP contribution in [0.5, 0.6) is 0 Å². The van der Waals surface area contributed by atoms with Gasteiger partial charge in [-0.3, -0.25) is 4.90 Å². The predicted molar refractivity (Wildman–Crippen MR) is 47.9 cm³/mol. The minimum atomic E-state index is 0.266. The summed E-state index contributed by atoms with van der Waals surface area (Å²) in [6.45, 7) is 2.12. The van der Waals surface area contributed by atoms with E-state index in [1.54, 1.807) is 0 Å². The van der Waals surface area contributed by atoms with Gasteiger partial charge < -0.3 is 4.74 Å². The van der Waals surface area contributed by atoms with Gasteiger partial charge in [-0.05, 0) is 13.3 Å². The van der Waals surface area contributed by atoms with Crippen LogP contribution in [0.2, 0.25) is 0 Å². The van der Waals surface area contributed by atoms with Crippen LogP contribution in [0.3, 0.4) is 0 Å². The van der Waals surface area contributed by atoms with E-state index in [9.17, 15) is 0 Å². The van der Waals surface area contributed by atoms with Crippen molar-refractivity contribution in [2.24, 2.45) is 0 Å². The highest BCUT2D eigenvalue weighted by molar-refractivity contribution is 7.99. The molecule has 1 spiro atoms. The Hall–Kier alpha value is 0.270. The number of hydrogen-bond acceptors (Lipinski definition) is 3. The van der Waals surface area contributed by atoms with E-state index in [4.69, 9.17) is 4.74 Å². The molecule has 0 aromatic rings. The van der Waals surface area contributed by atoms with Gasteiger partial charge in [0, 0.05) is 19.4 Å². The molecular weight excluding hydrogens is 158 g/mol. The highest BCUT2D eigenvalue weighted by Gasteiger charge is 2.47. The van der Waals surface area contributed by atoms with Gasteiger partial charge in [-0.2, -0.15) is 0 Å². The van der Waals surface area contributed by atoms with Crippen molar-refractivity contribution in [2.75, 3.05) is 26.5 Å². The molecule has 3 heteroatoms. The number of likely N-dealkylation sites (N-methyl/N-ethyl adjacent to an activating group) is 1. The SMILES string of the molecule is CS[C@@H]1CC2(CCO2)CN1C. The number of nitrogens with zero attached hydrogens (tertiary/aromatic N) is 1. The van der Waals surface area contributed by atoms with Crippen LogP contribution < -0.4 is 0 Å². The van der Waals surface area contributed by atoms with Crippen LogP contribution in [0.25, 0.3) is 0 Å². The largest absolute Gasteiger partial charge is 0.373 e. The smallest absolute Gasteiger partial charge is 0.0854 e. The van der Waals surface area contributed by atoms with Crippen molar-refractivity contribution in [2.45, 2.75) is 23.8 Å². The molecule has 2 aliphatic rings. The summed E-state index contributed by atoms with van der Waals surface area (Å²) in [5, 5.41) is 0.690. The summed E-state index contributed by atoms with van der Waals surface area (Å²) < 4.78 is 5.63. The molecule has 2 saturated heterocycles. The van der Waals surface area contributed by atoms with Gasteiger partial charge in [0.05, 0.1) is 17.6 Å². The Balaban J connectivity index is 1.99. The third-order valence-electron chi connectivity index (χ3n) is 2.81. The predicted octanol–water partition coefficient (Wildman–Crippen LogP) is 1.17. The van der Waals surface area contributed by atoms with E-state index in [0.717, 1.165) is 13.2 Å². The van der Waals surface area contributed by atoms with Crippen LogP contribution in [-0.2, 0) is 4.74 Å². The number of ether oxygens (including phenoxy) is 1. The first-order valence-electron chi connectivity index (χ1n) is 4.13. The molecule has 2 aliphatic heterocycles. The maximum Gasteiger partial charge on any atom is 0.0854 e. The quantitative estimate of drug-likeness (QED) is 0.590. The Morgan fingerprint density at radius 2 is 2.36 bits per heavy atom. The normalized spacial score (nSPS) is 44.7. The van der Waals surface area contributed by atoms with Gasteiger partial charge in [0.25, 0.3) is 0 Å². The second-order valence-electron chi connectivity index (χ2n) is 3.59. The molecule has 0 aliphatic carbocycles. The second-order valence-corrected chi connectivity index (χ2v) is 4.61. The molecule has 0 amide bonds. The Labute approximate surface area is 72.3 Å². The molecule has 0 radical (unpaired) electrons. The fourth-order valence-electron chi connectivity index (χ4n) is 2.03. The van der Waals surface area contributed by atoms with Crippen LogP contribution in [0, 0.1) is 0 Å². The lowest BCUT2D eigenvalue weighted by Gasteiger charge is -2.38. The molecule has 0 aromatic carbocycles. The van der Waals surface area contributed by atoms with Gasteiger partial charge in [0.2, 0.25) is 0 Å².